The van der Waals surface area contributed by atoms with Gasteiger partial charge in [0.1, 0.15) is 0 Å². The number of nitrogen functional groups attached to an aromatic ring is 1. The van der Waals surface area contributed by atoms with Gasteiger partial charge in [-0.1, -0.05) is 0 Å². The average Bonchev–Trinajstić information content (AvgIpc) is 2.46. The van der Waals surface area contributed by atoms with Crippen molar-refractivity contribution in [2.45, 2.75) is 51.7 Å². The summed E-state index contributed by atoms with van der Waals surface area (Å²) in [5.74, 6) is 6.91. The van der Waals surface area contributed by atoms with Crippen molar-refractivity contribution >= 4 is 17.8 Å². The Morgan fingerprint density at radius 1 is 1.14 bits per heavy atom. The Hall–Kier alpha value is -1.67. The summed E-state index contributed by atoms with van der Waals surface area (Å²) in [6.07, 6.45) is 3.80. The van der Waals surface area contributed by atoms with Crippen molar-refractivity contribution in [2.24, 2.45) is 5.84 Å². The highest BCUT2D eigenvalue weighted by Gasteiger charge is 2.17. The van der Waals surface area contributed by atoms with Gasteiger partial charge in [0.05, 0.1) is 6.10 Å². The molecule has 1 saturated heterocycles. The highest BCUT2D eigenvalue weighted by molar-refractivity contribution is 5.43. The summed E-state index contributed by atoms with van der Waals surface area (Å²) >= 11 is 0. The summed E-state index contributed by atoms with van der Waals surface area (Å²) in [4.78, 5) is 15.2. The van der Waals surface area contributed by atoms with Crippen LogP contribution in [0.5, 0.6) is 0 Å². The Bertz CT molecular complexity index is 448. The van der Waals surface area contributed by atoms with Gasteiger partial charge < -0.3 is 15.3 Å². The van der Waals surface area contributed by atoms with Gasteiger partial charge in [-0.25, -0.2) is 5.84 Å². The molecule has 0 bridgehead atoms. The molecule has 118 valence electrons. The van der Waals surface area contributed by atoms with E-state index in [1.165, 1.54) is 6.42 Å². The molecule has 2 atom stereocenters. The second kappa shape index (κ2) is 7.37. The fourth-order valence-corrected chi connectivity index (χ4v) is 2.52. The van der Waals surface area contributed by atoms with E-state index in [-0.39, 0.29) is 12.1 Å². The molecule has 21 heavy (non-hydrogen) atoms. The van der Waals surface area contributed by atoms with Crippen LogP contribution in [0.2, 0.25) is 0 Å². The lowest BCUT2D eigenvalue weighted by Crippen LogP contribution is -2.32. The second-order valence-corrected chi connectivity index (χ2v) is 5.60. The molecule has 1 aromatic rings. The molecule has 1 aliphatic heterocycles. The summed E-state index contributed by atoms with van der Waals surface area (Å²) in [7, 11) is 0. The highest BCUT2D eigenvalue weighted by Crippen LogP contribution is 2.18. The summed E-state index contributed by atoms with van der Waals surface area (Å²) in [6, 6.07) is 0.0623. The monoisotopic (exact) mass is 295 g/mol. The van der Waals surface area contributed by atoms with Gasteiger partial charge in [0.15, 0.2) is 0 Å². The van der Waals surface area contributed by atoms with Gasteiger partial charge in [-0.2, -0.15) is 15.0 Å². The van der Waals surface area contributed by atoms with Crippen molar-refractivity contribution in [1.29, 1.82) is 0 Å². The summed E-state index contributed by atoms with van der Waals surface area (Å²) in [6.45, 7) is 5.65. The number of rotatable bonds is 6. The summed E-state index contributed by atoms with van der Waals surface area (Å²) < 4.78 is 0. The molecule has 1 aliphatic rings. The van der Waals surface area contributed by atoms with E-state index in [0.717, 1.165) is 25.9 Å². The molecular weight excluding hydrogens is 270 g/mol. The smallest absolute Gasteiger partial charge is 0.243 e. The molecule has 0 amide bonds. The number of piperidine rings is 1. The van der Waals surface area contributed by atoms with Crippen molar-refractivity contribution in [3.05, 3.63) is 0 Å². The second-order valence-electron chi connectivity index (χ2n) is 5.60. The topological polar surface area (TPSA) is 112 Å². The third-order valence-electron chi connectivity index (χ3n) is 3.46. The number of nitrogens with one attached hydrogen (secondary N) is 2. The number of aliphatic hydroxyl groups is 1. The number of aromatic nitrogens is 3. The first-order valence-electron chi connectivity index (χ1n) is 7.50. The highest BCUT2D eigenvalue weighted by atomic mass is 16.3. The molecule has 0 spiro atoms. The molecule has 0 aromatic carbocycles. The van der Waals surface area contributed by atoms with E-state index in [1.807, 2.05) is 6.92 Å². The van der Waals surface area contributed by atoms with Crippen molar-refractivity contribution in [3.8, 4) is 0 Å². The number of anilines is 3. The third-order valence-corrected chi connectivity index (χ3v) is 3.46. The van der Waals surface area contributed by atoms with E-state index in [4.69, 9.17) is 5.84 Å². The average molecular weight is 295 g/mol. The van der Waals surface area contributed by atoms with Crippen LogP contribution in [0.3, 0.4) is 0 Å². The van der Waals surface area contributed by atoms with Gasteiger partial charge in [0.2, 0.25) is 17.8 Å². The zero-order valence-corrected chi connectivity index (χ0v) is 12.7. The zero-order valence-electron chi connectivity index (χ0n) is 12.7. The number of aliphatic hydroxyl groups excluding tert-OH is 1. The Kier molecular flexibility index (Phi) is 5.51. The Morgan fingerprint density at radius 2 is 1.81 bits per heavy atom. The number of hydrogen-bond acceptors (Lipinski definition) is 8. The predicted molar refractivity (Wildman–Crippen MR) is 83.1 cm³/mol. The van der Waals surface area contributed by atoms with Gasteiger partial charge in [-0.05, 0) is 39.5 Å². The van der Waals surface area contributed by atoms with Crippen LogP contribution in [-0.4, -0.2) is 45.3 Å². The molecule has 1 aromatic heterocycles. The first-order valence-corrected chi connectivity index (χ1v) is 7.50. The minimum absolute atomic E-state index is 0.0623. The summed E-state index contributed by atoms with van der Waals surface area (Å²) in [5, 5.41) is 12.6. The number of hydrazine groups is 1. The molecule has 8 nitrogen and oxygen atoms in total. The fraction of sp³-hybridized carbons (Fsp3) is 0.769. The maximum absolute atomic E-state index is 9.43. The summed E-state index contributed by atoms with van der Waals surface area (Å²) in [5.41, 5.74) is 2.48. The molecule has 0 radical (unpaired) electrons. The Morgan fingerprint density at radius 3 is 2.43 bits per heavy atom. The first kappa shape index (κ1) is 15.7. The number of nitrogens with zero attached hydrogens (tertiary/aromatic N) is 4. The first-order chi connectivity index (χ1) is 10.1. The van der Waals surface area contributed by atoms with Crippen LogP contribution in [0.15, 0.2) is 0 Å². The largest absolute Gasteiger partial charge is 0.393 e. The number of nitrogens with two attached hydrogens (primary N) is 1. The van der Waals surface area contributed by atoms with Crippen LogP contribution in [0.4, 0.5) is 17.8 Å². The molecule has 8 heteroatoms. The molecule has 2 rings (SSSR count). The minimum atomic E-state index is -0.372. The molecule has 5 N–H and O–H groups in total. The molecule has 2 unspecified atom stereocenters. The maximum Gasteiger partial charge on any atom is 0.243 e. The van der Waals surface area contributed by atoms with Crippen LogP contribution in [0, 0.1) is 0 Å². The van der Waals surface area contributed by atoms with E-state index in [9.17, 15) is 5.11 Å². The van der Waals surface area contributed by atoms with Gasteiger partial charge in [0.25, 0.3) is 0 Å². The van der Waals surface area contributed by atoms with Gasteiger partial charge in [0, 0.05) is 19.1 Å². The van der Waals surface area contributed by atoms with Crippen LogP contribution in [0.25, 0.3) is 0 Å². The standard InChI is InChI=1S/C13H25N7O/c1-9(8-10(2)21)15-11-16-12(19-14)18-13(17-11)20-6-4-3-5-7-20/h9-10,21H,3-8,14H2,1-2H3,(H2,15,16,17,18,19). The normalized spacial score (nSPS) is 18.2. The van der Waals surface area contributed by atoms with E-state index in [0.29, 0.717) is 24.3 Å². The maximum atomic E-state index is 9.43. The van der Waals surface area contributed by atoms with Crippen molar-refractivity contribution < 1.29 is 5.11 Å². The van der Waals surface area contributed by atoms with Crippen molar-refractivity contribution in [2.75, 3.05) is 28.7 Å². The lowest BCUT2D eigenvalue weighted by Gasteiger charge is -2.27. The van der Waals surface area contributed by atoms with Gasteiger partial charge >= 0.3 is 0 Å². The van der Waals surface area contributed by atoms with Crippen LogP contribution < -0.4 is 21.5 Å². The van der Waals surface area contributed by atoms with Gasteiger partial charge in [-0.15, -0.1) is 0 Å². The lowest BCUT2D eigenvalue weighted by molar-refractivity contribution is 0.179. The quantitative estimate of drug-likeness (QED) is 0.448. The van der Waals surface area contributed by atoms with Gasteiger partial charge in [-0.3, -0.25) is 5.43 Å². The minimum Gasteiger partial charge on any atom is -0.393 e. The van der Waals surface area contributed by atoms with E-state index >= 15 is 0 Å². The predicted octanol–water partition coefficient (Wildman–Crippen LogP) is 0.719. The molecular formula is C13H25N7O. The van der Waals surface area contributed by atoms with Crippen molar-refractivity contribution in [1.82, 2.24) is 15.0 Å². The molecule has 0 aliphatic carbocycles. The third kappa shape index (κ3) is 4.68. The Labute approximate surface area is 125 Å². The lowest BCUT2D eigenvalue weighted by atomic mass is 10.1. The number of hydrogen-bond donors (Lipinski definition) is 4. The molecule has 1 fully saturated rings. The molecule has 0 saturated carbocycles. The molecule has 2 heterocycles. The van der Waals surface area contributed by atoms with Crippen molar-refractivity contribution in [3.63, 3.8) is 0 Å². The van der Waals surface area contributed by atoms with Crippen LogP contribution in [0.1, 0.15) is 39.5 Å². The van der Waals surface area contributed by atoms with E-state index < -0.39 is 0 Å². The fourth-order valence-electron chi connectivity index (χ4n) is 2.52. The Balaban J connectivity index is 2.12. The SMILES string of the molecule is CC(O)CC(C)Nc1nc(NN)nc(N2CCCCC2)n1. The van der Waals surface area contributed by atoms with Crippen LogP contribution >= 0.6 is 0 Å². The van der Waals surface area contributed by atoms with E-state index in [1.54, 1.807) is 6.92 Å². The van der Waals surface area contributed by atoms with Crippen LogP contribution in [-0.2, 0) is 0 Å². The van der Waals surface area contributed by atoms with E-state index in [2.05, 4.69) is 30.6 Å². The zero-order chi connectivity index (χ0) is 15.2.